The maximum Gasteiger partial charge on any atom is 0.196 e. The van der Waals surface area contributed by atoms with E-state index >= 15 is 0 Å². The highest BCUT2D eigenvalue weighted by Crippen LogP contribution is 2.65. The smallest absolute Gasteiger partial charge is 0.196 e. The van der Waals surface area contributed by atoms with Crippen LogP contribution in [0.2, 0.25) is 0 Å². The summed E-state index contributed by atoms with van der Waals surface area (Å²) in [6.45, 7) is 0. The number of ketones is 1. The molecular formula is C17H16O4. The highest BCUT2D eigenvalue weighted by Gasteiger charge is 2.70. The van der Waals surface area contributed by atoms with Crippen LogP contribution in [-0.2, 0) is 16.6 Å². The largest absolute Gasteiger partial charge is 0.504 e. The fourth-order valence-corrected chi connectivity index (χ4v) is 5.22. The molecule has 2 N–H and O–H groups in total. The molecule has 21 heavy (non-hydrogen) atoms. The van der Waals surface area contributed by atoms with E-state index in [4.69, 9.17) is 4.74 Å². The van der Waals surface area contributed by atoms with Crippen LogP contribution < -0.4 is 4.74 Å². The molecule has 4 nitrogen and oxygen atoms in total. The summed E-state index contributed by atoms with van der Waals surface area (Å²) in [7, 11) is 0. The van der Waals surface area contributed by atoms with Crippen LogP contribution in [0, 0.1) is 5.92 Å². The predicted octanol–water partition coefficient (Wildman–Crippen LogP) is 1.62. The van der Waals surface area contributed by atoms with E-state index in [1.54, 1.807) is 12.1 Å². The average molecular weight is 284 g/mol. The van der Waals surface area contributed by atoms with Gasteiger partial charge in [-0.1, -0.05) is 12.5 Å². The molecule has 5 rings (SSSR count). The van der Waals surface area contributed by atoms with Crippen LogP contribution in [0.3, 0.4) is 0 Å². The maximum absolute atomic E-state index is 12.4. The molecule has 2 bridgehead atoms. The van der Waals surface area contributed by atoms with E-state index in [2.05, 4.69) is 0 Å². The van der Waals surface area contributed by atoms with Crippen molar-refractivity contribution in [2.45, 2.75) is 42.8 Å². The zero-order chi connectivity index (χ0) is 14.4. The summed E-state index contributed by atoms with van der Waals surface area (Å²) < 4.78 is 5.88. The van der Waals surface area contributed by atoms with E-state index in [1.165, 1.54) is 6.08 Å². The molecule has 0 saturated heterocycles. The maximum atomic E-state index is 12.4. The zero-order valence-electron chi connectivity index (χ0n) is 11.5. The number of ether oxygens (including phenoxy) is 1. The van der Waals surface area contributed by atoms with Gasteiger partial charge in [0, 0.05) is 5.56 Å². The van der Waals surface area contributed by atoms with Gasteiger partial charge in [-0.25, -0.2) is 0 Å². The molecule has 4 heteroatoms. The normalized spacial score (nSPS) is 41.7. The topological polar surface area (TPSA) is 66.8 Å². The van der Waals surface area contributed by atoms with E-state index in [-0.39, 0.29) is 17.5 Å². The zero-order valence-corrected chi connectivity index (χ0v) is 11.5. The molecular weight excluding hydrogens is 268 g/mol. The second kappa shape index (κ2) is 3.33. The predicted molar refractivity (Wildman–Crippen MR) is 74.3 cm³/mol. The summed E-state index contributed by atoms with van der Waals surface area (Å²) in [6, 6.07) is 3.56. The third-order valence-corrected chi connectivity index (χ3v) is 6.04. The molecule has 0 amide bonds. The van der Waals surface area contributed by atoms with Crippen LogP contribution in [0.4, 0.5) is 0 Å². The number of hydrogen-bond donors (Lipinski definition) is 2. The summed E-state index contributed by atoms with van der Waals surface area (Å²) in [5.41, 5.74) is 0.255. The summed E-state index contributed by atoms with van der Waals surface area (Å²) in [4.78, 5) is 12.4. The van der Waals surface area contributed by atoms with Gasteiger partial charge in [0.25, 0.3) is 0 Å². The molecule has 108 valence electrons. The van der Waals surface area contributed by atoms with E-state index in [1.807, 2.05) is 6.07 Å². The van der Waals surface area contributed by atoms with E-state index in [9.17, 15) is 15.0 Å². The lowest BCUT2D eigenvalue weighted by molar-refractivity contribution is -0.144. The average Bonchev–Trinajstić information content (AvgIpc) is 2.80. The van der Waals surface area contributed by atoms with Crippen LogP contribution in [0.15, 0.2) is 24.3 Å². The number of carbonyl (C=O) groups is 1. The van der Waals surface area contributed by atoms with Gasteiger partial charge in [-0.05, 0) is 49.0 Å². The molecule has 1 spiro atoms. The number of benzene rings is 1. The first kappa shape index (κ1) is 11.8. The van der Waals surface area contributed by atoms with Crippen molar-refractivity contribution < 1.29 is 19.7 Å². The van der Waals surface area contributed by atoms with Gasteiger partial charge in [-0.3, -0.25) is 4.79 Å². The summed E-state index contributed by atoms with van der Waals surface area (Å²) >= 11 is 0. The van der Waals surface area contributed by atoms with Gasteiger partial charge < -0.3 is 14.9 Å². The van der Waals surface area contributed by atoms with Crippen molar-refractivity contribution in [1.29, 1.82) is 0 Å². The van der Waals surface area contributed by atoms with Gasteiger partial charge in [-0.2, -0.15) is 0 Å². The van der Waals surface area contributed by atoms with Gasteiger partial charge in [0.1, 0.15) is 5.60 Å². The Bertz CT molecular complexity index is 722. The lowest BCUT2D eigenvalue weighted by atomic mass is 9.47. The lowest BCUT2D eigenvalue weighted by Gasteiger charge is -2.57. The number of carbonyl (C=O) groups excluding carboxylic acids is 1. The van der Waals surface area contributed by atoms with Crippen molar-refractivity contribution in [3.8, 4) is 11.5 Å². The fraction of sp³-hybridized carbons (Fsp3) is 0.471. The molecule has 1 fully saturated rings. The highest BCUT2D eigenvalue weighted by molar-refractivity contribution is 5.98. The minimum Gasteiger partial charge on any atom is -0.504 e. The van der Waals surface area contributed by atoms with E-state index in [0.29, 0.717) is 5.75 Å². The Labute approximate surface area is 122 Å². The minimum atomic E-state index is -1.03. The van der Waals surface area contributed by atoms with Crippen molar-refractivity contribution in [3.63, 3.8) is 0 Å². The Balaban J connectivity index is 1.93. The van der Waals surface area contributed by atoms with Crippen LogP contribution >= 0.6 is 0 Å². The highest BCUT2D eigenvalue weighted by atomic mass is 16.5. The Morgan fingerprint density at radius 2 is 2.19 bits per heavy atom. The number of phenolic OH excluding ortho intramolecular Hbond substituents is 1. The number of rotatable bonds is 0. The van der Waals surface area contributed by atoms with Crippen molar-refractivity contribution in [3.05, 3.63) is 35.4 Å². The van der Waals surface area contributed by atoms with Crippen LogP contribution in [0.5, 0.6) is 11.5 Å². The Hall–Kier alpha value is -1.81. The molecule has 4 atom stereocenters. The Morgan fingerprint density at radius 3 is 3.05 bits per heavy atom. The van der Waals surface area contributed by atoms with Crippen LogP contribution in [0.25, 0.3) is 0 Å². The summed E-state index contributed by atoms with van der Waals surface area (Å²) in [5.74, 6) is 0.485. The minimum absolute atomic E-state index is 0.0664. The molecule has 1 heterocycles. The molecule has 4 aliphatic rings. The lowest BCUT2D eigenvalue weighted by Crippen LogP contribution is -2.68. The van der Waals surface area contributed by atoms with Crippen molar-refractivity contribution in [2.75, 3.05) is 0 Å². The molecule has 1 aromatic carbocycles. The van der Waals surface area contributed by atoms with E-state index < -0.39 is 17.1 Å². The molecule has 1 aliphatic heterocycles. The van der Waals surface area contributed by atoms with Crippen LogP contribution in [0.1, 0.15) is 30.4 Å². The Morgan fingerprint density at radius 1 is 1.33 bits per heavy atom. The molecule has 1 saturated carbocycles. The third-order valence-electron chi connectivity index (χ3n) is 6.04. The van der Waals surface area contributed by atoms with Gasteiger partial charge in [0.2, 0.25) is 0 Å². The molecule has 0 radical (unpaired) electrons. The summed E-state index contributed by atoms with van der Waals surface area (Å²) in [5, 5.41) is 21.6. The van der Waals surface area contributed by atoms with Crippen molar-refractivity contribution in [2.24, 2.45) is 5.92 Å². The number of hydrogen-bond acceptors (Lipinski definition) is 4. The molecule has 1 aromatic rings. The second-order valence-electron chi connectivity index (χ2n) is 6.77. The molecule has 3 aliphatic carbocycles. The SMILES string of the molecule is O=C1C=CC2(O)[C@@H]3CCC[C@@]24c2c(ccc(O)c2OC14)C3. The van der Waals surface area contributed by atoms with Crippen LogP contribution in [-0.4, -0.2) is 27.7 Å². The number of aliphatic hydroxyl groups is 1. The first-order valence-corrected chi connectivity index (χ1v) is 7.55. The Kier molecular flexibility index (Phi) is 1.87. The number of phenols is 1. The van der Waals surface area contributed by atoms with Gasteiger partial charge in [0.05, 0.1) is 5.41 Å². The monoisotopic (exact) mass is 284 g/mol. The van der Waals surface area contributed by atoms with Crippen molar-refractivity contribution >= 4 is 5.78 Å². The molecule has 2 unspecified atom stereocenters. The summed E-state index contributed by atoms with van der Waals surface area (Å²) in [6.07, 6.45) is 5.90. The third kappa shape index (κ3) is 1.06. The van der Waals surface area contributed by atoms with Crippen molar-refractivity contribution in [1.82, 2.24) is 0 Å². The molecule has 0 aromatic heterocycles. The van der Waals surface area contributed by atoms with Gasteiger partial charge >= 0.3 is 0 Å². The van der Waals surface area contributed by atoms with E-state index in [0.717, 1.165) is 36.8 Å². The second-order valence-corrected chi connectivity index (χ2v) is 6.77. The van der Waals surface area contributed by atoms with Gasteiger partial charge in [0.15, 0.2) is 23.4 Å². The van der Waals surface area contributed by atoms with Gasteiger partial charge in [-0.15, -0.1) is 0 Å². The number of aromatic hydroxyl groups is 1. The first-order chi connectivity index (χ1) is 10.1. The fourth-order valence-electron chi connectivity index (χ4n) is 5.22. The first-order valence-electron chi connectivity index (χ1n) is 7.55. The standard InChI is InChI=1S/C17H16O4/c18-11-4-3-9-8-10-2-1-6-16-13(9)14(11)21-15(16)12(19)5-7-17(10,16)20/h3-5,7,10,15,18,20H,1-2,6,8H2/t10-,15?,16+,17?/m1/s1. The quantitative estimate of drug-likeness (QED) is 0.759.